The van der Waals surface area contributed by atoms with Crippen molar-refractivity contribution in [2.24, 2.45) is 5.92 Å². The van der Waals surface area contributed by atoms with Crippen molar-refractivity contribution in [3.05, 3.63) is 93.0 Å². The summed E-state index contributed by atoms with van der Waals surface area (Å²) in [7, 11) is 0. The van der Waals surface area contributed by atoms with Gasteiger partial charge in [-0.25, -0.2) is 13.2 Å². The van der Waals surface area contributed by atoms with Gasteiger partial charge in [-0.15, -0.1) is 0 Å². The molecule has 1 aromatic heterocycles. The molecule has 3 aromatic rings. The van der Waals surface area contributed by atoms with Crippen LogP contribution in [0.1, 0.15) is 67.4 Å². The predicted molar refractivity (Wildman–Crippen MR) is 149 cm³/mol. The third-order valence-corrected chi connectivity index (χ3v) is 7.16. The molecule has 7 nitrogen and oxygen atoms in total. The van der Waals surface area contributed by atoms with Gasteiger partial charge in [0.1, 0.15) is 29.5 Å². The molecule has 3 N–H and O–H groups in total. The zero-order chi connectivity index (χ0) is 29.7. The van der Waals surface area contributed by atoms with Gasteiger partial charge in [-0.2, -0.15) is 0 Å². The summed E-state index contributed by atoms with van der Waals surface area (Å²) in [4.78, 5) is 38.3. The van der Waals surface area contributed by atoms with Gasteiger partial charge in [0.15, 0.2) is 17.4 Å². The number of hydrogen-bond donors (Lipinski definition) is 2. The van der Waals surface area contributed by atoms with E-state index in [1.165, 1.54) is 18.2 Å². The van der Waals surface area contributed by atoms with E-state index in [2.05, 4.69) is 5.32 Å². The molecule has 0 spiro atoms. The Balaban J connectivity index is 1.52. The van der Waals surface area contributed by atoms with Gasteiger partial charge >= 0.3 is 5.97 Å². The summed E-state index contributed by atoms with van der Waals surface area (Å²) in [6.07, 6.45) is 4.51. The standard InChI is InChI=1S/C31H34F3N3O4/c1-18(2)15-26(31(40)41-22-5-3-4-6-22)36-14-13-19-16-24(33)28(25(34)17-19)37-27(38)12-11-23(30(37)35)29(39)20-7-9-21(32)10-8-20/h7-12,16-18,22,26,36H,3-6,13-15,35H2,1-2H3/t26-/m1/s1. The largest absolute Gasteiger partial charge is 0.461 e. The molecular weight excluding hydrogens is 535 g/mol. The molecule has 2 aromatic carbocycles. The van der Waals surface area contributed by atoms with E-state index in [1.54, 1.807) is 0 Å². The Hall–Kier alpha value is -3.92. The van der Waals surface area contributed by atoms with Crippen LogP contribution in [0.25, 0.3) is 5.69 Å². The second-order valence-electron chi connectivity index (χ2n) is 10.8. The van der Waals surface area contributed by atoms with E-state index in [-0.39, 0.29) is 42.1 Å². The van der Waals surface area contributed by atoms with Crippen molar-refractivity contribution in [1.82, 2.24) is 9.88 Å². The van der Waals surface area contributed by atoms with Crippen molar-refractivity contribution < 1.29 is 27.5 Å². The van der Waals surface area contributed by atoms with Crippen molar-refractivity contribution in [3.63, 3.8) is 0 Å². The highest BCUT2D eigenvalue weighted by Gasteiger charge is 2.26. The Labute approximate surface area is 236 Å². The van der Waals surface area contributed by atoms with Crippen LogP contribution in [0.15, 0.2) is 53.3 Å². The monoisotopic (exact) mass is 569 g/mol. The number of ketones is 1. The first-order valence-corrected chi connectivity index (χ1v) is 13.8. The number of nitrogens with zero attached hydrogens (tertiary/aromatic N) is 1. The normalized spacial score (nSPS) is 14.4. The number of halogens is 3. The van der Waals surface area contributed by atoms with E-state index < -0.39 is 46.3 Å². The summed E-state index contributed by atoms with van der Waals surface area (Å²) in [6.45, 7) is 4.26. The lowest BCUT2D eigenvalue weighted by Crippen LogP contribution is -2.41. The second kappa shape index (κ2) is 13.2. The van der Waals surface area contributed by atoms with Crippen LogP contribution in [0.3, 0.4) is 0 Å². The van der Waals surface area contributed by atoms with Crippen LogP contribution in [0, 0.1) is 23.4 Å². The Bertz CT molecular complexity index is 1440. The molecule has 0 bridgehead atoms. The van der Waals surface area contributed by atoms with Crippen LogP contribution in [-0.2, 0) is 16.0 Å². The van der Waals surface area contributed by atoms with Crippen LogP contribution >= 0.6 is 0 Å². The minimum Gasteiger partial charge on any atom is -0.461 e. The Kier molecular flexibility index (Phi) is 9.65. The van der Waals surface area contributed by atoms with E-state index in [4.69, 9.17) is 10.5 Å². The second-order valence-corrected chi connectivity index (χ2v) is 10.8. The number of carbonyl (C=O) groups excluding carboxylic acids is 2. The van der Waals surface area contributed by atoms with Gasteiger partial charge in [0.25, 0.3) is 5.56 Å². The van der Waals surface area contributed by atoms with Crippen LogP contribution < -0.4 is 16.6 Å². The number of benzene rings is 2. The number of nitrogens with one attached hydrogen (secondary N) is 1. The summed E-state index contributed by atoms with van der Waals surface area (Å²) in [6, 6.07) is 8.48. The Morgan fingerprint density at radius 2 is 1.66 bits per heavy atom. The first-order valence-electron chi connectivity index (χ1n) is 13.8. The number of anilines is 1. The number of esters is 1. The molecule has 10 heteroatoms. The molecule has 1 aliphatic carbocycles. The number of rotatable bonds is 11. The van der Waals surface area contributed by atoms with E-state index >= 15 is 8.78 Å². The SMILES string of the molecule is CC(C)C[C@@H](NCCc1cc(F)c(-n2c(N)c(C(=O)c3ccc(F)cc3)ccc2=O)c(F)c1)C(=O)OC1CCCC1. The van der Waals surface area contributed by atoms with Gasteiger partial charge in [0.05, 0.1) is 5.56 Å². The molecule has 4 rings (SSSR count). The lowest BCUT2D eigenvalue weighted by atomic mass is 10.0. The summed E-state index contributed by atoms with van der Waals surface area (Å²) in [5, 5.41) is 3.16. The van der Waals surface area contributed by atoms with Gasteiger partial charge in [0, 0.05) is 11.6 Å². The van der Waals surface area contributed by atoms with E-state index in [0.29, 0.717) is 16.6 Å². The lowest BCUT2D eigenvalue weighted by molar-refractivity contribution is -0.151. The van der Waals surface area contributed by atoms with E-state index in [1.807, 2.05) is 13.8 Å². The molecule has 1 heterocycles. The summed E-state index contributed by atoms with van der Waals surface area (Å²) in [5.74, 6) is -3.80. The topological polar surface area (TPSA) is 103 Å². The van der Waals surface area contributed by atoms with E-state index in [9.17, 15) is 18.8 Å². The highest BCUT2D eigenvalue weighted by molar-refractivity contribution is 6.11. The summed E-state index contributed by atoms with van der Waals surface area (Å²) >= 11 is 0. The number of aromatic nitrogens is 1. The molecule has 0 saturated heterocycles. The van der Waals surface area contributed by atoms with Crippen LogP contribution in [0.2, 0.25) is 0 Å². The molecule has 0 aliphatic heterocycles. The fourth-order valence-electron chi connectivity index (χ4n) is 5.09. The Morgan fingerprint density at radius 3 is 2.27 bits per heavy atom. The number of pyridine rings is 1. The zero-order valence-electron chi connectivity index (χ0n) is 23.1. The lowest BCUT2D eigenvalue weighted by Gasteiger charge is -2.22. The maximum atomic E-state index is 15.3. The fourth-order valence-corrected chi connectivity index (χ4v) is 5.09. The third kappa shape index (κ3) is 7.24. The quantitative estimate of drug-likeness (QED) is 0.246. The molecule has 1 aliphatic rings. The molecule has 0 amide bonds. The summed E-state index contributed by atoms with van der Waals surface area (Å²) < 4.78 is 50.1. The molecular formula is C31H34F3N3O4. The maximum absolute atomic E-state index is 15.3. The van der Waals surface area contributed by atoms with Crippen LogP contribution in [0.4, 0.5) is 19.0 Å². The molecule has 0 radical (unpaired) electrons. The van der Waals surface area contributed by atoms with Gasteiger partial charge in [-0.3, -0.25) is 19.0 Å². The number of ether oxygens (including phenoxy) is 1. The van der Waals surface area contributed by atoms with Crippen LogP contribution in [-0.4, -0.2) is 35.0 Å². The first kappa shape index (κ1) is 30.0. The minimum absolute atomic E-state index is 0.0602. The maximum Gasteiger partial charge on any atom is 0.323 e. The Morgan fingerprint density at radius 1 is 1.02 bits per heavy atom. The molecule has 1 fully saturated rings. The minimum atomic E-state index is -1.04. The fraction of sp³-hybridized carbons (Fsp3) is 0.387. The van der Waals surface area contributed by atoms with Crippen molar-refractivity contribution >= 4 is 17.6 Å². The smallest absolute Gasteiger partial charge is 0.323 e. The molecule has 218 valence electrons. The van der Waals surface area contributed by atoms with Crippen molar-refractivity contribution in [2.45, 2.75) is 64.5 Å². The number of nitrogen functional groups attached to an aromatic ring is 1. The van der Waals surface area contributed by atoms with E-state index in [0.717, 1.165) is 56.0 Å². The average molecular weight is 570 g/mol. The zero-order valence-corrected chi connectivity index (χ0v) is 23.1. The number of carbonyl (C=O) groups is 2. The van der Waals surface area contributed by atoms with Crippen LogP contribution in [0.5, 0.6) is 0 Å². The van der Waals surface area contributed by atoms with Crippen molar-refractivity contribution in [1.29, 1.82) is 0 Å². The number of nitrogens with two attached hydrogens (primary N) is 1. The van der Waals surface area contributed by atoms with Gasteiger partial charge < -0.3 is 15.8 Å². The number of hydrogen-bond acceptors (Lipinski definition) is 6. The molecule has 1 atom stereocenters. The van der Waals surface area contributed by atoms with Gasteiger partial charge in [-0.05, 0) is 99.0 Å². The average Bonchev–Trinajstić information content (AvgIpc) is 3.42. The first-order chi connectivity index (χ1) is 19.5. The molecule has 1 saturated carbocycles. The highest BCUT2D eigenvalue weighted by Crippen LogP contribution is 2.25. The van der Waals surface area contributed by atoms with Gasteiger partial charge in [-0.1, -0.05) is 13.8 Å². The predicted octanol–water partition coefficient (Wildman–Crippen LogP) is 5.10. The van der Waals surface area contributed by atoms with Crippen molar-refractivity contribution in [3.8, 4) is 5.69 Å². The molecule has 41 heavy (non-hydrogen) atoms. The molecule has 0 unspecified atom stereocenters. The highest BCUT2D eigenvalue weighted by atomic mass is 19.1. The summed E-state index contributed by atoms with van der Waals surface area (Å²) in [5.41, 5.74) is 4.77. The van der Waals surface area contributed by atoms with Gasteiger partial charge in [0.2, 0.25) is 0 Å². The van der Waals surface area contributed by atoms with Crippen molar-refractivity contribution in [2.75, 3.05) is 12.3 Å². The third-order valence-electron chi connectivity index (χ3n) is 7.16.